The van der Waals surface area contributed by atoms with Gasteiger partial charge in [0.2, 0.25) is 0 Å². The highest BCUT2D eigenvalue weighted by molar-refractivity contribution is 5.98. The monoisotopic (exact) mass is 465 g/mol. The Morgan fingerprint density at radius 1 is 0.970 bits per heavy atom. The van der Waals surface area contributed by atoms with Gasteiger partial charge in [-0.2, -0.15) is 13.2 Å². The molecule has 0 saturated carbocycles. The number of esters is 1. The molecule has 0 radical (unpaired) electrons. The number of ether oxygens (including phenoxy) is 2. The summed E-state index contributed by atoms with van der Waals surface area (Å²) in [5, 5.41) is 1.96. The van der Waals surface area contributed by atoms with E-state index >= 15 is 0 Å². The first kappa shape index (κ1) is 24.4. The van der Waals surface area contributed by atoms with E-state index in [1.807, 2.05) is 22.3 Å². The van der Waals surface area contributed by atoms with Crippen LogP contribution >= 0.6 is 0 Å². The minimum atomic E-state index is -5.12. The molecule has 0 bridgehead atoms. The summed E-state index contributed by atoms with van der Waals surface area (Å²) in [6.45, 7) is 1.33. The molecule has 2 aromatic rings. The first-order chi connectivity index (χ1) is 15.7. The molecule has 1 N–H and O–H groups in total. The van der Waals surface area contributed by atoms with Gasteiger partial charge in [0, 0.05) is 37.4 Å². The number of benzene rings is 2. The van der Waals surface area contributed by atoms with E-state index in [2.05, 4.69) is 0 Å². The maximum Gasteiger partial charge on any atom is 0.436 e. The number of nitrogens with one attached hydrogen (secondary N) is 1. The van der Waals surface area contributed by atoms with Gasteiger partial charge < -0.3 is 19.7 Å². The Balaban J connectivity index is 1.88. The fourth-order valence-corrected chi connectivity index (χ4v) is 3.78. The first-order valence-electron chi connectivity index (χ1n) is 10.5. The number of piperazine rings is 1. The largest absolute Gasteiger partial charge is 0.497 e. The van der Waals surface area contributed by atoms with Crippen molar-refractivity contribution in [2.24, 2.45) is 0 Å². The van der Waals surface area contributed by atoms with Crippen LogP contribution < -0.4 is 15.0 Å². The van der Waals surface area contributed by atoms with Crippen molar-refractivity contribution in [2.75, 3.05) is 44.8 Å². The summed E-state index contributed by atoms with van der Waals surface area (Å²) < 4.78 is 53.5. The Kier molecular flexibility index (Phi) is 7.47. The average molecular weight is 465 g/mol. The van der Waals surface area contributed by atoms with Gasteiger partial charge in [-0.3, -0.25) is 9.69 Å². The number of amides is 1. The molecule has 1 aliphatic rings. The molecule has 0 aliphatic carbocycles. The maximum absolute atomic E-state index is 14.5. The zero-order valence-corrected chi connectivity index (χ0v) is 18.4. The van der Waals surface area contributed by atoms with Crippen molar-refractivity contribution < 1.29 is 32.2 Å². The van der Waals surface area contributed by atoms with Gasteiger partial charge >= 0.3 is 12.1 Å². The molecule has 0 spiro atoms. The Hall–Kier alpha value is -3.27. The van der Waals surface area contributed by atoms with E-state index in [1.165, 1.54) is 31.2 Å². The topological polar surface area (TPSA) is 71.1 Å². The second-order valence-corrected chi connectivity index (χ2v) is 7.42. The number of hydrogen-bond acceptors (Lipinski definition) is 6. The Morgan fingerprint density at radius 2 is 1.58 bits per heavy atom. The van der Waals surface area contributed by atoms with Gasteiger partial charge in [0.25, 0.3) is 11.6 Å². The zero-order valence-electron chi connectivity index (χ0n) is 18.4. The molecule has 1 saturated heterocycles. The van der Waals surface area contributed by atoms with Crippen molar-refractivity contribution >= 4 is 17.6 Å². The number of carbonyl (C=O) groups excluding carboxylic acids is 2. The number of anilines is 1. The Morgan fingerprint density at radius 3 is 2.09 bits per heavy atom. The highest BCUT2D eigenvalue weighted by Gasteiger charge is 2.66. The second kappa shape index (κ2) is 10.1. The van der Waals surface area contributed by atoms with Crippen molar-refractivity contribution in [1.29, 1.82) is 0 Å². The third-order valence-corrected chi connectivity index (χ3v) is 5.50. The minimum absolute atomic E-state index is 0.00675. The van der Waals surface area contributed by atoms with Gasteiger partial charge in [-0.15, -0.1) is 0 Å². The van der Waals surface area contributed by atoms with Crippen molar-refractivity contribution in [3.8, 4) is 5.75 Å². The Bertz CT molecular complexity index is 946. The molecule has 2 aromatic carbocycles. The van der Waals surface area contributed by atoms with Crippen LogP contribution in [0.2, 0.25) is 0 Å². The summed E-state index contributed by atoms with van der Waals surface area (Å²) in [4.78, 5) is 28.4. The highest BCUT2D eigenvalue weighted by Crippen LogP contribution is 2.36. The molecule has 1 atom stereocenters. The SMILES string of the molecule is CCOC(=O)[C@](NC(=O)c1ccccc1)(N1CCN(c2ccc(OC)cc2)CC1)C(F)(F)F. The van der Waals surface area contributed by atoms with Gasteiger partial charge in [-0.05, 0) is 43.3 Å². The van der Waals surface area contributed by atoms with Crippen LogP contribution in [0, 0.1) is 0 Å². The summed E-state index contributed by atoms with van der Waals surface area (Å²) in [5.41, 5.74) is -2.48. The lowest BCUT2D eigenvalue weighted by Gasteiger charge is -2.46. The number of carbonyl (C=O) groups is 2. The second-order valence-electron chi connectivity index (χ2n) is 7.42. The van der Waals surface area contributed by atoms with Gasteiger partial charge in [0.15, 0.2) is 0 Å². The van der Waals surface area contributed by atoms with E-state index in [1.54, 1.807) is 25.3 Å². The van der Waals surface area contributed by atoms with Crippen molar-refractivity contribution in [2.45, 2.75) is 18.8 Å². The lowest BCUT2D eigenvalue weighted by atomic mass is 10.0. The molecule has 1 amide bonds. The molecule has 178 valence electrons. The average Bonchev–Trinajstić information content (AvgIpc) is 2.82. The molecular formula is C23H26F3N3O4. The fourth-order valence-electron chi connectivity index (χ4n) is 3.78. The van der Waals surface area contributed by atoms with Gasteiger partial charge in [0.05, 0.1) is 13.7 Å². The molecule has 0 unspecified atom stereocenters. The predicted octanol–water partition coefficient (Wildman–Crippen LogP) is 3.07. The standard InChI is InChI=1S/C23H26F3N3O4/c1-3-33-21(31)22(23(24,25)26,27-20(30)17-7-5-4-6-8-17)29-15-13-28(14-16-29)18-9-11-19(32-2)12-10-18/h4-12H,3,13-16H2,1-2H3,(H,27,30)/t22-/m0/s1. The molecule has 33 heavy (non-hydrogen) atoms. The summed E-state index contributed by atoms with van der Waals surface area (Å²) in [6, 6.07) is 14.6. The number of rotatable bonds is 7. The number of hydrogen-bond donors (Lipinski definition) is 1. The van der Waals surface area contributed by atoms with E-state index in [0.717, 1.165) is 10.6 Å². The van der Waals surface area contributed by atoms with E-state index in [9.17, 15) is 22.8 Å². The maximum atomic E-state index is 14.5. The number of alkyl halides is 3. The predicted molar refractivity (Wildman–Crippen MR) is 116 cm³/mol. The van der Waals surface area contributed by atoms with Crippen molar-refractivity contribution in [1.82, 2.24) is 10.2 Å². The molecule has 7 nitrogen and oxygen atoms in total. The summed E-state index contributed by atoms with van der Waals surface area (Å²) in [6.07, 6.45) is -5.12. The van der Waals surface area contributed by atoms with E-state index < -0.39 is 23.7 Å². The first-order valence-corrected chi connectivity index (χ1v) is 10.5. The molecule has 1 fully saturated rings. The summed E-state index contributed by atoms with van der Waals surface area (Å²) in [5.74, 6) is -1.90. The van der Waals surface area contributed by atoms with Gasteiger partial charge in [0.1, 0.15) is 5.75 Å². The van der Waals surface area contributed by atoms with E-state index in [0.29, 0.717) is 5.75 Å². The summed E-state index contributed by atoms with van der Waals surface area (Å²) in [7, 11) is 1.55. The van der Waals surface area contributed by atoms with Crippen LogP contribution in [-0.2, 0) is 9.53 Å². The lowest BCUT2D eigenvalue weighted by molar-refractivity contribution is -0.247. The molecular weight excluding hydrogens is 439 g/mol. The number of nitrogens with zero attached hydrogens (tertiary/aromatic N) is 2. The highest BCUT2D eigenvalue weighted by atomic mass is 19.4. The van der Waals surface area contributed by atoms with Gasteiger partial charge in [-0.25, -0.2) is 4.79 Å². The van der Waals surface area contributed by atoms with E-state index in [-0.39, 0.29) is 38.3 Å². The molecule has 10 heteroatoms. The van der Waals surface area contributed by atoms with Gasteiger partial charge in [-0.1, -0.05) is 18.2 Å². The van der Waals surface area contributed by atoms with Crippen LogP contribution in [0.5, 0.6) is 5.75 Å². The fraction of sp³-hybridized carbons (Fsp3) is 0.391. The molecule has 0 aromatic heterocycles. The molecule has 3 rings (SSSR count). The Labute approximate surface area is 190 Å². The van der Waals surface area contributed by atoms with Crippen LogP contribution in [0.4, 0.5) is 18.9 Å². The van der Waals surface area contributed by atoms with Crippen molar-refractivity contribution in [3.05, 3.63) is 60.2 Å². The number of halogens is 3. The third-order valence-electron chi connectivity index (χ3n) is 5.50. The van der Waals surface area contributed by atoms with Crippen LogP contribution in [0.25, 0.3) is 0 Å². The van der Waals surface area contributed by atoms with E-state index in [4.69, 9.17) is 9.47 Å². The molecule has 1 aliphatic heterocycles. The quantitative estimate of drug-likeness (QED) is 0.634. The zero-order chi connectivity index (χ0) is 24.1. The van der Waals surface area contributed by atoms with Crippen LogP contribution in [0.3, 0.4) is 0 Å². The van der Waals surface area contributed by atoms with Crippen molar-refractivity contribution in [3.63, 3.8) is 0 Å². The van der Waals surface area contributed by atoms with Crippen LogP contribution in [0.1, 0.15) is 17.3 Å². The molecule has 1 heterocycles. The normalized spacial score (nSPS) is 16.6. The minimum Gasteiger partial charge on any atom is -0.497 e. The smallest absolute Gasteiger partial charge is 0.436 e. The third kappa shape index (κ3) is 5.05. The van der Waals surface area contributed by atoms with Crippen LogP contribution in [0.15, 0.2) is 54.6 Å². The number of methoxy groups -OCH3 is 1. The lowest BCUT2D eigenvalue weighted by Crippen LogP contribution is -2.75. The van der Waals surface area contributed by atoms with Crippen LogP contribution in [-0.4, -0.2) is 68.5 Å². The summed E-state index contributed by atoms with van der Waals surface area (Å²) >= 11 is 0.